The van der Waals surface area contributed by atoms with Crippen LogP contribution in [0.15, 0.2) is 42.5 Å². The number of methoxy groups -OCH3 is 1. The lowest BCUT2D eigenvalue weighted by Crippen LogP contribution is -2.18. The summed E-state index contributed by atoms with van der Waals surface area (Å²) >= 11 is 0. The first kappa shape index (κ1) is 19.3. The zero-order valence-corrected chi connectivity index (χ0v) is 15.5. The molecular formula is C20H24N2O4. The maximum Gasteiger partial charge on any atom is 0.255 e. The van der Waals surface area contributed by atoms with E-state index in [4.69, 9.17) is 9.47 Å². The maximum atomic E-state index is 12.5. The van der Waals surface area contributed by atoms with Crippen LogP contribution in [0, 0.1) is 5.92 Å². The van der Waals surface area contributed by atoms with Gasteiger partial charge in [0.05, 0.1) is 13.7 Å². The fraction of sp³-hybridized carbons (Fsp3) is 0.300. The highest BCUT2D eigenvalue weighted by molar-refractivity contribution is 6.05. The van der Waals surface area contributed by atoms with Gasteiger partial charge in [-0.2, -0.15) is 0 Å². The van der Waals surface area contributed by atoms with E-state index in [9.17, 15) is 9.59 Å². The molecule has 0 heterocycles. The number of hydrogen-bond acceptors (Lipinski definition) is 4. The van der Waals surface area contributed by atoms with Gasteiger partial charge in [-0.15, -0.1) is 0 Å². The number of hydrogen-bond donors (Lipinski definition) is 2. The van der Waals surface area contributed by atoms with Crippen molar-refractivity contribution in [2.45, 2.75) is 13.8 Å². The highest BCUT2D eigenvalue weighted by Gasteiger charge is 2.13. The Hall–Kier alpha value is -3.02. The van der Waals surface area contributed by atoms with Gasteiger partial charge in [-0.1, -0.05) is 19.9 Å². The average Bonchev–Trinajstić information content (AvgIpc) is 2.65. The molecule has 26 heavy (non-hydrogen) atoms. The normalized spacial score (nSPS) is 10.3. The number of anilines is 1. The first-order chi connectivity index (χ1) is 12.4. The van der Waals surface area contributed by atoms with Gasteiger partial charge in [-0.05, 0) is 42.3 Å². The summed E-state index contributed by atoms with van der Waals surface area (Å²) in [6.45, 7) is 4.68. The van der Waals surface area contributed by atoms with Crippen LogP contribution >= 0.6 is 0 Å². The van der Waals surface area contributed by atoms with Crippen LogP contribution in [0.25, 0.3) is 0 Å². The van der Waals surface area contributed by atoms with Crippen LogP contribution in [-0.2, 0) is 0 Å². The maximum absolute atomic E-state index is 12.5. The van der Waals surface area contributed by atoms with Crippen LogP contribution in [0.2, 0.25) is 0 Å². The first-order valence-corrected chi connectivity index (χ1v) is 8.39. The van der Waals surface area contributed by atoms with Crippen LogP contribution in [0.5, 0.6) is 11.5 Å². The lowest BCUT2D eigenvalue weighted by molar-refractivity contribution is 0.0961. The van der Waals surface area contributed by atoms with Crippen molar-refractivity contribution in [3.05, 3.63) is 53.6 Å². The van der Waals surface area contributed by atoms with Gasteiger partial charge in [0.1, 0.15) is 0 Å². The lowest BCUT2D eigenvalue weighted by atomic mass is 10.1. The number of carbonyl (C=O) groups is 2. The van der Waals surface area contributed by atoms with Crippen molar-refractivity contribution in [1.29, 1.82) is 0 Å². The van der Waals surface area contributed by atoms with E-state index in [1.807, 2.05) is 0 Å². The number of rotatable bonds is 7. The molecule has 0 atom stereocenters. The molecule has 2 N–H and O–H groups in total. The summed E-state index contributed by atoms with van der Waals surface area (Å²) in [5, 5.41) is 5.34. The number of ether oxygens (including phenoxy) is 2. The van der Waals surface area contributed by atoms with Gasteiger partial charge in [0.2, 0.25) is 0 Å². The molecule has 0 saturated carbocycles. The van der Waals surface area contributed by atoms with E-state index < -0.39 is 0 Å². The summed E-state index contributed by atoms with van der Waals surface area (Å²) in [5.41, 5.74) is 1.44. The highest BCUT2D eigenvalue weighted by atomic mass is 16.5. The van der Waals surface area contributed by atoms with Gasteiger partial charge in [0, 0.05) is 23.9 Å². The van der Waals surface area contributed by atoms with Crippen molar-refractivity contribution in [1.82, 2.24) is 5.32 Å². The Morgan fingerprint density at radius 3 is 2.38 bits per heavy atom. The zero-order valence-electron chi connectivity index (χ0n) is 15.5. The van der Waals surface area contributed by atoms with Gasteiger partial charge < -0.3 is 20.1 Å². The van der Waals surface area contributed by atoms with E-state index in [0.29, 0.717) is 40.8 Å². The van der Waals surface area contributed by atoms with Crippen molar-refractivity contribution < 1.29 is 19.1 Å². The van der Waals surface area contributed by atoms with E-state index in [1.165, 1.54) is 7.11 Å². The van der Waals surface area contributed by atoms with Gasteiger partial charge in [-0.25, -0.2) is 0 Å². The Kier molecular flexibility index (Phi) is 6.60. The summed E-state index contributed by atoms with van der Waals surface area (Å²) in [5.74, 6) is 0.967. The summed E-state index contributed by atoms with van der Waals surface area (Å²) in [6, 6.07) is 11.8. The van der Waals surface area contributed by atoms with E-state index in [-0.39, 0.29) is 11.8 Å². The third kappa shape index (κ3) is 4.99. The second kappa shape index (κ2) is 8.89. The second-order valence-electron chi connectivity index (χ2n) is 6.18. The Labute approximate surface area is 153 Å². The number of benzene rings is 2. The van der Waals surface area contributed by atoms with Crippen molar-refractivity contribution in [2.24, 2.45) is 5.92 Å². The van der Waals surface area contributed by atoms with Crippen LogP contribution in [0.4, 0.5) is 5.69 Å². The fourth-order valence-electron chi connectivity index (χ4n) is 2.27. The average molecular weight is 356 g/mol. The molecule has 138 valence electrons. The van der Waals surface area contributed by atoms with Crippen LogP contribution in [0.1, 0.15) is 34.6 Å². The molecule has 0 aliphatic rings. The second-order valence-corrected chi connectivity index (χ2v) is 6.18. The topological polar surface area (TPSA) is 76.7 Å². The molecule has 2 aromatic rings. The number of amides is 2. The summed E-state index contributed by atoms with van der Waals surface area (Å²) in [7, 11) is 3.09. The van der Waals surface area contributed by atoms with Crippen LogP contribution in [0.3, 0.4) is 0 Å². The molecule has 2 rings (SSSR count). The standard InChI is InChI=1S/C20H24N2O4/c1-13(2)12-26-17-9-8-15(11-18(17)25-4)20(24)22-16-7-5-6-14(10-16)19(23)21-3/h5-11,13H,12H2,1-4H3,(H,21,23)(H,22,24). The Balaban J connectivity index is 2.15. The smallest absolute Gasteiger partial charge is 0.255 e. The van der Waals surface area contributed by atoms with Gasteiger partial charge in [0.15, 0.2) is 11.5 Å². The third-order valence-electron chi connectivity index (χ3n) is 3.61. The first-order valence-electron chi connectivity index (χ1n) is 8.39. The van der Waals surface area contributed by atoms with Crippen LogP contribution < -0.4 is 20.1 Å². The van der Waals surface area contributed by atoms with E-state index >= 15 is 0 Å². The van der Waals surface area contributed by atoms with E-state index in [1.54, 1.807) is 49.5 Å². The predicted octanol–water partition coefficient (Wildman–Crippen LogP) is 3.34. The minimum atomic E-state index is -0.298. The molecule has 6 nitrogen and oxygen atoms in total. The Morgan fingerprint density at radius 2 is 1.73 bits per heavy atom. The molecule has 0 aromatic heterocycles. The Bertz CT molecular complexity index is 787. The monoisotopic (exact) mass is 356 g/mol. The Morgan fingerprint density at radius 1 is 1.00 bits per heavy atom. The largest absolute Gasteiger partial charge is 0.493 e. The van der Waals surface area contributed by atoms with E-state index in [2.05, 4.69) is 24.5 Å². The third-order valence-corrected chi connectivity index (χ3v) is 3.61. The molecule has 0 saturated heterocycles. The molecule has 2 amide bonds. The summed E-state index contributed by atoms with van der Waals surface area (Å²) in [6.07, 6.45) is 0. The zero-order chi connectivity index (χ0) is 19.1. The number of carbonyl (C=O) groups excluding carboxylic acids is 2. The molecule has 2 aromatic carbocycles. The molecule has 0 aliphatic heterocycles. The van der Waals surface area contributed by atoms with Crippen LogP contribution in [-0.4, -0.2) is 32.6 Å². The molecular weight excluding hydrogens is 332 g/mol. The minimum absolute atomic E-state index is 0.213. The van der Waals surface area contributed by atoms with Crippen molar-refractivity contribution in [3.8, 4) is 11.5 Å². The van der Waals surface area contributed by atoms with Gasteiger partial charge >= 0.3 is 0 Å². The molecule has 0 bridgehead atoms. The quantitative estimate of drug-likeness (QED) is 0.798. The fourth-order valence-corrected chi connectivity index (χ4v) is 2.27. The minimum Gasteiger partial charge on any atom is -0.493 e. The lowest BCUT2D eigenvalue weighted by Gasteiger charge is -2.13. The van der Waals surface area contributed by atoms with Crippen molar-refractivity contribution >= 4 is 17.5 Å². The predicted molar refractivity (Wildman–Crippen MR) is 101 cm³/mol. The summed E-state index contributed by atoms with van der Waals surface area (Å²) in [4.78, 5) is 24.2. The highest BCUT2D eigenvalue weighted by Crippen LogP contribution is 2.29. The molecule has 0 aliphatic carbocycles. The van der Waals surface area contributed by atoms with Crippen molar-refractivity contribution in [2.75, 3.05) is 26.1 Å². The molecule has 0 spiro atoms. The van der Waals surface area contributed by atoms with Gasteiger partial charge in [-0.3, -0.25) is 9.59 Å². The number of nitrogens with one attached hydrogen (secondary N) is 2. The van der Waals surface area contributed by atoms with Gasteiger partial charge in [0.25, 0.3) is 11.8 Å². The SMILES string of the molecule is CNC(=O)c1cccc(NC(=O)c2ccc(OCC(C)C)c(OC)c2)c1. The van der Waals surface area contributed by atoms with E-state index in [0.717, 1.165) is 0 Å². The van der Waals surface area contributed by atoms with Crippen molar-refractivity contribution in [3.63, 3.8) is 0 Å². The molecule has 6 heteroatoms. The molecule has 0 fully saturated rings. The molecule has 0 radical (unpaired) electrons. The molecule has 0 unspecified atom stereocenters. The summed E-state index contributed by atoms with van der Waals surface area (Å²) < 4.78 is 11.0.